The number of ether oxygens (including phenoxy) is 1. The average molecular weight is 168 g/mol. The van der Waals surface area contributed by atoms with Gasteiger partial charge in [0.15, 0.2) is 0 Å². The summed E-state index contributed by atoms with van der Waals surface area (Å²) in [5.41, 5.74) is 0. The molecule has 0 unspecified atom stereocenters. The summed E-state index contributed by atoms with van der Waals surface area (Å²) in [6.45, 7) is 6.98. The maximum atomic E-state index is 5.55. The van der Waals surface area contributed by atoms with Crippen molar-refractivity contribution in [2.24, 2.45) is 5.92 Å². The van der Waals surface area contributed by atoms with Crippen LogP contribution in [0.1, 0.15) is 32.7 Å². The molecule has 1 heterocycles. The highest BCUT2D eigenvalue weighted by Gasteiger charge is 2.17. The molecule has 1 aromatic heterocycles. The Morgan fingerprint density at radius 2 is 2.33 bits per heavy atom. The minimum atomic E-state index is 0.102. The van der Waals surface area contributed by atoms with E-state index in [0.29, 0.717) is 5.92 Å². The van der Waals surface area contributed by atoms with Gasteiger partial charge >= 0.3 is 0 Å². The van der Waals surface area contributed by atoms with E-state index >= 15 is 0 Å². The highest BCUT2D eigenvalue weighted by Crippen LogP contribution is 2.21. The molecule has 68 valence electrons. The smallest absolute Gasteiger partial charge is 0.135 e. The minimum absolute atomic E-state index is 0.102. The molecule has 0 spiro atoms. The SMILES string of the molecule is CCO[C@H](c1ncc[nH]1)C(C)C. The quantitative estimate of drug-likeness (QED) is 0.748. The number of nitrogens with one attached hydrogen (secondary N) is 1. The minimum Gasteiger partial charge on any atom is -0.370 e. The molecule has 12 heavy (non-hydrogen) atoms. The van der Waals surface area contributed by atoms with E-state index in [0.717, 1.165) is 12.4 Å². The van der Waals surface area contributed by atoms with E-state index < -0.39 is 0 Å². The predicted octanol–water partition coefficient (Wildman–Crippen LogP) is 2.14. The van der Waals surface area contributed by atoms with Crippen molar-refractivity contribution >= 4 is 0 Å². The number of hydrogen-bond donors (Lipinski definition) is 1. The van der Waals surface area contributed by atoms with E-state index in [1.165, 1.54) is 0 Å². The van der Waals surface area contributed by atoms with Crippen molar-refractivity contribution in [1.82, 2.24) is 9.97 Å². The summed E-state index contributed by atoms with van der Waals surface area (Å²) in [5.74, 6) is 1.38. The number of hydrogen-bond acceptors (Lipinski definition) is 2. The van der Waals surface area contributed by atoms with Crippen LogP contribution in [0.5, 0.6) is 0 Å². The lowest BCUT2D eigenvalue weighted by atomic mass is 10.1. The fourth-order valence-electron chi connectivity index (χ4n) is 1.20. The second kappa shape index (κ2) is 4.26. The number of nitrogens with zero attached hydrogens (tertiary/aromatic N) is 1. The summed E-state index contributed by atoms with van der Waals surface area (Å²) in [5, 5.41) is 0. The van der Waals surface area contributed by atoms with Crippen LogP contribution in [0.3, 0.4) is 0 Å². The van der Waals surface area contributed by atoms with Crippen LogP contribution < -0.4 is 0 Å². The van der Waals surface area contributed by atoms with Crippen molar-refractivity contribution in [3.8, 4) is 0 Å². The van der Waals surface area contributed by atoms with E-state index in [1.54, 1.807) is 6.20 Å². The van der Waals surface area contributed by atoms with Gasteiger partial charge in [-0.05, 0) is 12.8 Å². The Labute approximate surface area is 73.2 Å². The van der Waals surface area contributed by atoms with E-state index in [1.807, 2.05) is 13.1 Å². The van der Waals surface area contributed by atoms with Gasteiger partial charge in [0.25, 0.3) is 0 Å². The second-order valence-electron chi connectivity index (χ2n) is 3.09. The molecule has 0 fully saturated rings. The van der Waals surface area contributed by atoms with Gasteiger partial charge in [0.1, 0.15) is 11.9 Å². The van der Waals surface area contributed by atoms with Crippen molar-refractivity contribution in [2.75, 3.05) is 6.61 Å². The molecule has 1 rings (SSSR count). The van der Waals surface area contributed by atoms with Crippen LogP contribution in [-0.2, 0) is 4.74 Å². The molecule has 0 saturated carbocycles. The standard InChI is InChI=1S/C9H16N2O/c1-4-12-8(7(2)3)9-10-5-6-11-9/h5-8H,4H2,1-3H3,(H,10,11)/t8-/m0/s1. The summed E-state index contributed by atoms with van der Waals surface area (Å²) in [6.07, 6.45) is 3.68. The first-order valence-corrected chi connectivity index (χ1v) is 4.36. The molecule has 1 aromatic rings. The van der Waals surface area contributed by atoms with Gasteiger partial charge in [-0.3, -0.25) is 0 Å². The fraction of sp³-hybridized carbons (Fsp3) is 0.667. The molecule has 1 N–H and O–H groups in total. The predicted molar refractivity (Wildman–Crippen MR) is 47.8 cm³/mol. The van der Waals surface area contributed by atoms with E-state index in [-0.39, 0.29) is 6.10 Å². The van der Waals surface area contributed by atoms with Gasteiger partial charge in [-0.1, -0.05) is 13.8 Å². The number of H-pyrrole nitrogens is 1. The Morgan fingerprint density at radius 1 is 1.58 bits per heavy atom. The zero-order chi connectivity index (χ0) is 8.97. The van der Waals surface area contributed by atoms with Crippen LogP contribution in [-0.4, -0.2) is 16.6 Å². The summed E-state index contributed by atoms with van der Waals surface area (Å²) >= 11 is 0. The lowest BCUT2D eigenvalue weighted by Gasteiger charge is -2.18. The third-order valence-corrected chi connectivity index (χ3v) is 1.74. The van der Waals surface area contributed by atoms with Crippen LogP contribution in [0, 0.1) is 5.92 Å². The first-order chi connectivity index (χ1) is 5.75. The fourth-order valence-corrected chi connectivity index (χ4v) is 1.20. The lowest BCUT2D eigenvalue weighted by molar-refractivity contribution is 0.0238. The lowest BCUT2D eigenvalue weighted by Crippen LogP contribution is -2.12. The molecule has 3 nitrogen and oxygen atoms in total. The third kappa shape index (κ3) is 2.08. The van der Waals surface area contributed by atoms with Crippen molar-refractivity contribution < 1.29 is 4.74 Å². The number of imidazole rings is 1. The largest absolute Gasteiger partial charge is 0.370 e. The van der Waals surface area contributed by atoms with Crippen molar-refractivity contribution in [3.63, 3.8) is 0 Å². The monoisotopic (exact) mass is 168 g/mol. The van der Waals surface area contributed by atoms with Crippen molar-refractivity contribution in [2.45, 2.75) is 26.9 Å². The summed E-state index contributed by atoms with van der Waals surface area (Å²) in [4.78, 5) is 7.24. The Kier molecular flexibility index (Phi) is 3.29. The molecule has 0 aromatic carbocycles. The van der Waals surface area contributed by atoms with Gasteiger partial charge in [0, 0.05) is 19.0 Å². The summed E-state index contributed by atoms with van der Waals surface area (Å²) < 4.78 is 5.55. The summed E-state index contributed by atoms with van der Waals surface area (Å²) in [7, 11) is 0. The maximum Gasteiger partial charge on any atom is 0.135 e. The second-order valence-corrected chi connectivity index (χ2v) is 3.09. The molecule has 0 aliphatic carbocycles. The molecule has 0 radical (unpaired) electrons. The van der Waals surface area contributed by atoms with Gasteiger partial charge in [0.2, 0.25) is 0 Å². The Bertz CT molecular complexity index is 206. The highest BCUT2D eigenvalue weighted by atomic mass is 16.5. The van der Waals surface area contributed by atoms with E-state index in [9.17, 15) is 0 Å². The average Bonchev–Trinajstić information content (AvgIpc) is 2.51. The highest BCUT2D eigenvalue weighted by molar-refractivity contribution is 4.93. The number of rotatable bonds is 4. The van der Waals surface area contributed by atoms with Crippen LogP contribution in [0.4, 0.5) is 0 Å². The molecule has 0 saturated heterocycles. The Morgan fingerprint density at radius 3 is 2.75 bits per heavy atom. The zero-order valence-electron chi connectivity index (χ0n) is 7.87. The molecule has 0 amide bonds. The molecule has 0 bridgehead atoms. The number of aromatic nitrogens is 2. The van der Waals surface area contributed by atoms with Gasteiger partial charge in [-0.15, -0.1) is 0 Å². The third-order valence-electron chi connectivity index (χ3n) is 1.74. The molecule has 0 aliphatic heterocycles. The van der Waals surface area contributed by atoms with Crippen LogP contribution in [0.25, 0.3) is 0 Å². The Balaban J connectivity index is 2.66. The van der Waals surface area contributed by atoms with E-state index in [2.05, 4.69) is 23.8 Å². The molecular weight excluding hydrogens is 152 g/mol. The maximum absolute atomic E-state index is 5.55. The van der Waals surface area contributed by atoms with Crippen molar-refractivity contribution in [3.05, 3.63) is 18.2 Å². The van der Waals surface area contributed by atoms with Crippen LogP contribution in [0.2, 0.25) is 0 Å². The van der Waals surface area contributed by atoms with Gasteiger partial charge in [0.05, 0.1) is 0 Å². The van der Waals surface area contributed by atoms with Gasteiger partial charge in [-0.2, -0.15) is 0 Å². The zero-order valence-corrected chi connectivity index (χ0v) is 7.87. The normalized spacial score (nSPS) is 13.7. The first-order valence-electron chi connectivity index (χ1n) is 4.36. The van der Waals surface area contributed by atoms with Crippen molar-refractivity contribution in [1.29, 1.82) is 0 Å². The Hall–Kier alpha value is -0.830. The number of aromatic amines is 1. The molecule has 3 heteroatoms. The molecular formula is C9H16N2O. The van der Waals surface area contributed by atoms with E-state index in [4.69, 9.17) is 4.74 Å². The van der Waals surface area contributed by atoms with Gasteiger partial charge in [-0.25, -0.2) is 4.98 Å². The van der Waals surface area contributed by atoms with Crippen LogP contribution >= 0.6 is 0 Å². The topological polar surface area (TPSA) is 37.9 Å². The first kappa shape index (κ1) is 9.26. The van der Waals surface area contributed by atoms with Crippen LogP contribution in [0.15, 0.2) is 12.4 Å². The summed E-state index contributed by atoms with van der Waals surface area (Å²) in [6, 6.07) is 0. The molecule has 1 atom stereocenters. The molecule has 0 aliphatic rings. The van der Waals surface area contributed by atoms with Gasteiger partial charge < -0.3 is 9.72 Å².